The summed E-state index contributed by atoms with van der Waals surface area (Å²) in [7, 11) is 1.66. The lowest BCUT2D eigenvalue weighted by molar-refractivity contribution is -0.117. The predicted molar refractivity (Wildman–Crippen MR) is 93.8 cm³/mol. The van der Waals surface area contributed by atoms with Crippen molar-refractivity contribution in [2.75, 3.05) is 12.4 Å². The maximum atomic E-state index is 12.7. The summed E-state index contributed by atoms with van der Waals surface area (Å²) in [5.41, 5.74) is 1.74. The van der Waals surface area contributed by atoms with E-state index in [4.69, 9.17) is 4.74 Å². The first kappa shape index (κ1) is 15.4. The van der Waals surface area contributed by atoms with Crippen LogP contribution in [0.3, 0.4) is 0 Å². The van der Waals surface area contributed by atoms with Crippen molar-refractivity contribution in [3.05, 3.63) is 66.6 Å². The molecule has 2 heterocycles. The summed E-state index contributed by atoms with van der Waals surface area (Å²) in [5.74, 6) is 1.58. The van der Waals surface area contributed by atoms with E-state index in [0.717, 1.165) is 17.7 Å². The maximum absolute atomic E-state index is 12.7. The third kappa shape index (κ3) is 2.98. The summed E-state index contributed by atoms with van der Waals surface area (Å²) in [6.07, 6.45) is 5.98. The van der Waals surface area contributed by atoms with Crippen molar-refractivity contribution in [2.45, 2.75) is 12.3 Å². The highest BCUT2D eigenvalue weighted by Gasteiger charge is 2.45. The van der Waals surface area contributed by atoms with E-state index in [1.54, 1.807) is 36.4 Å². The normalized spacial score (nSPS) is 18.6. The minimum atomic E-state index is -0.0537. The lowest BCUT2D eigenvalue weighted by Crippen LogP contribution is -2.17. The van der Waals surface area contributed by atoms with E-state index in [1.807, 2.05) is 36.4 Å². The van der Waals surface area contributed by atoms with E-state index >= 15 is 0 Å². The van der Waals surface area contributed by atoms with Gasteiger partial charge in [0.05, 0.1) is 12.8 Å². The molecule has 0 bridgehead atoms. The quantitative estimate of drug-likeness (QED) is 0.779. The van der Waals surface area contributed by atoms with Gasteiger partial charge in [-0.1, -0.05) is 18.2 Å². The second-order valence-corrected chi connectivity index (χ2v) is 6.01. The number of hydrogen-bond acceptors (Lipinski definition) is 4. The van der Waals surface area contributed by atoms with Crippen molar-refractivity contribution in [3.8, 4) is 11.6 Å². The van der Waals surface area contributed by atoms with Gasteiger partial charge in [0.1, 0.15) is 5.75 Å². The molecule has 0 radical (unpaired) electrons. The molecule has 1 aliphatic rings. The van der Waals surface area contributed by atoms with Crippen molar-refractivity contribution in [2.24, 2.45) is 5.92 Å². The number of carbonyl (C=O) groups excluding carboxylic acids is 1. The monoisotopic (exact) mass is 334 g/mol. The number of rotatable bonds is 5. The van der Waals surface area contributed by atoms with Gasteiger partial charge in [0.2, 0.25) is 5.91 Å². The zero-order chi connectivity index (χ0) is 17.2. The van der Waals surface area contributed by atoms with E-state index in [1.165, 1.54) is 0 Å². The molecule has 6 nitrogen and oxygen atoms in total. The van der Waals surface area contributed by atoms with Crippen LogP contribution in [0.1, 0.15) is 17.9 Å². The number of anilines is 1. The summed E-state index contributed by atoms with van der Waals surface area (Å²) in [6.45, 7) is 0. The fourth-order valence-corrected chi connectivity index (χ4v) is 3.10. The largest absolute Gasteiger partial charge is 0.496 e. The van der Waals surface area contributed by atoms with Gasteiger partial charge in [0.25, 0.3) is 0 Å². The standard InChI is InChI=1S/C19H18N4O2/c1-25-17-8-3-2-6-13(17)14-12-15(14)19(24)22-16-7-4-9-20-18(16)23-11-5-10-21-23/h2-11,14-15H,12H2,1H3,(H,22,24)/t14-,15-/m0/s1. The number of benzene rings is 1. The van der Waals surface area contributed by atoms with E-state index in [2.05, 4.69) is 15.4 Å². The first-order chi connectivity index (χ1) is 12.3. The molecule has 2 atom stereocenters. The second kappa shape index (κ2) is 6.39. The van der Waals surface area contributed by atoms with Crippen LogP contribution in [0.25, 0.3) is 5.82 Å². The van der Waals surface area contributed by atoms with Gasteiger partial charge in [-0.2, -0.15) is 5.10 Å². The Bertz CT molecular complexity index is 892. The Labute approximate surface area is 145 Å². The van der Waals surface area contributed by atoms with E-state index in [0.29, 0.717) is 11.5 Å². The van der Waals surface area contributed by atoms with Gasteiger partial charge in [0.15, 0.2) is 5.82 Å². The van der Waals surface area contributed by atoms with Gasteiger partial charge < -0.3 is 10.1 Å². The Balaban J connectivity index is 1.51. The number of methoxy groups -OCH3 is 1. The first-order valence-electron chi connectivity index (χ1n) is 8.16. The smallest absolute Gasteiger partial charge is 0.228 e. The fourth-order valence-electron chi connectivity index (χ4n) is 3.10. The summed E-state index contributed by atoms with van der Waals surface area (Å²) >= 11 is 0. The average Bonchev–Trinajstić information content (AvgIpc) is 3.27. The number of ether oxygens (including phenoxy) is 1. The molecule has 4 rings (SSSR count). The van der Waals surface area contributed by atoms with Crippen LogP contribution < -0.4 is 10.1 Å². The molecule has 0 aliphatic heterocycles. The average molecular weight is 334 g/mol. The number of hydrogen-bond donors (Lipinski definition) is 1. The van der Waals surface area contributed by atoms with Crippen LogP contribution in [0.15, 0.2) is 61.1 Å². The summed E-state index contributed by atoms with van der Waals surface area (Å²) in [5, 5.41) is 7.18. The van der Waals surface area contributed by atoms with Crippen LogP contribution in [-0.4, -0.2) is 27.8 Å². The van der Waals surface area contributed by atoms with Gasteiger partial charge in [-0.15, -0.1) is 0 Å². The zero-order valence-corrected chi connectivity index (χ0v) is 13.8. The molecule has 2 aromatic heterocycles. The molecule has 1 aromatic carbocycles. The van der Waals surface area contributed by atoms with Gasteiger partial charge in [-0.3, -0.25) is 4.79 Å². The molecule has 1 aliphatic carbocycles. The van der Waals surface area contributed by atoms with Crippen molar-refractivity contribution in [3.63, 3.8) is 0 Å². The molecule has 6 heteroatoms. The number of carbonyl (C=O) groups is 1. The third-order valence-electron chi connectivity index (χ3n) is 4.43. The number of para-hydroxylation sites is 1. The molecule has 0 saturated heterocycles. The van der Waals surface area contributed by atoms with E-state index < -0.39 is 0 Å². The Hall–Kier alpha value is -3.15. The zero-order valence-electron chi connectivity index (χ0n) is 13.8. The van der Waals surface area contributed by atoms with Crippen LogP contribution in [0.4, 0.5) is 5.69 Å². The highest BCUT2D eigenvalue weighted by atomic mass is 16.5. The molecule has 0 spiro atoms. The summed E-state index contributed by atoms with van der Waals surface area (Å²) < 4.78 is 7.05. The Kier molecular flexibility index (Phi) is 3.93. The lowest BCUT2D eigenvalue weighted by Gasteiger charge is -2.10. The van der Waals surface area contributed by atoms with Crippen molar-refractivity contribution >= 4 is 11.6 Å². The van der Waals surface area contributed by atoms with Gasteiger partial charge in [-0.05, 0) is 42.2 Å². The van der Waals surface area contributed by atoms with Crippen LogP contribution >= 0.6 is 0 Å². The Morgan fingerprint density at radius 2 is 2.08 bits per heavy atom. The van der Waals surface area contributed by atoms with E-state index in [9.17, 15) is 4.79 Å². The topological polar surface area (TPSA) is 69.0 Å². The highest BCUT2D eigenvalue weighted by Crippen LogP contribution is 2.50. The number of aromatic nitrogens is 3. The molecule has 1 amide bonds. The van der Waals surface area contributed by atoms with Crippen LogP contribution in [0, 0.1) is 5.92 Å². The third-order valence-corrected chi connectivity index (χ3v) is 4.43. The molecule has 1 N–H and O–H groups in total. The van der Waals surface area contributed by atoms with E-state index in [-0.39, 0.29) is 17.7 Å². The second-order valence-electron chi connectivity index (χ2n) is 6.01. The summed E-state index contributed by atoms with van der Waals surface area (Å²) in [6, 6.07) is 13.3. The molecule has 0 unspecified atom stereocenters. The van der Waals surface area contributed by atoms with Gasteiger partial charge >= 0.3 is 0 Å². The van der Waals surface area contributed by atoms with Crippen molar-refractivity contribution in [1.29, 1.82) is 0 Å². The lowest BCUT2D eigenvalue weighted by atomic mass is 10.1. The first-order valence-corrected chi connectivity index (χ1v) is 8.16. The number of amides is 1. The molecule has 1 saturated carbocycles. The molecule has 25 heavy (non-hydrogen) atoms. The number of pyridine rings is 1. The predicted octanol–water partition coefficient (Wildman–Crippen LogP) is 3.02. The molecule has 126 valence electrons. The Morgan fingerprint density at radius 3 is 2.88 bits per heavy atom. The number of nitrogens with zero attached hydrogens (tertiary/aromatic N) is 3. The minimum Gasteiger partial charge on any atom is -0.496 e. The van der Waals surface area contributed by atoms with Crippen LogP contribution in [-0.2, 0) is 4.79 Å². The van der Waals surface area contributed by atoms with Crippen molar-refractivity contribution < 1.29 is 9.53 Å². The fraction of sp³-hybridized carbons (Fsp3) is 0.211. The minimum absolute atomic E-state index is 0.00249. The molecular formula is C19H18N4O2. The van der Waals surface area contributed by atoms with Crippen molar-refractivity contribution in [1.82, 2.24) is 14.8 Å². The maximum Gasteiger partial charge on any atom is 0.228 e. The van der Waals surface area contributed by atoms with Crippen LogP contribution in [0.5, 0.6) is 5.75 Å². The molecular weight excluding hydrogens is 316 g/mol. The SMILES string of the molecule is COc1ccccc1[C@@H]1C[C@@H]1C(=O)Nc1cccnc1-n1cccn1. The Morgan fingerprint density at radius 1 is 1.20 bits per heavy atom. The molecule has 3 aromatic rings. The van der Waals surface area contributed by atoms with Gasteiger partial charge in [-0.25, -0.2) is 9.67 Å². The highest BCUT2D eigenvalue weighted by molar-refractivity contribution is 5.96. The van der Waals surface area contributed by atoms with Gasteiger partial charge in [0, 0.05) is 24.5 Å². The van der Waals surface area contributed by atoms with Crippen LogP contribution in [0.2, 0.25) is 0 Å². The molecule has 1 fully saturated rings. The summed E-state index contributed by atoms with van der Waals surface area (Å²) in [4.78, 5) is 17.0. The number of nitrogens with one attached hydrogen (secondary N) is 1.